The fourth-order valence-corrected chi connectivity index (χ4v) is 4.26. The summed E-state index contributed by atoms with van der Waals surface area (Å²) in [7, 11) is -1.79. The molecule has 0 bridgehead atoms. The topological polar surface area (TPSA) is 86.4 Å². The van der Waals surface area contributed by atoms with E-state index >= 15 is 0 Å². The third kappa shape index (κ3) is 2.69. The molecule has 1 aliphatic rings. The van der Waals surface area contributed by atoms with Crippen molar-refractivity contribution in [3.05, 3.63) is 35.8 Å². The molecule has 3 rings (SSSR count). The van der Waals surface area contributed by atoms with Crippen molar-refractivity contribution in [2.24, 2.45) is 7.05 Å². The Hall–Kier alpha value is -1.64. The lowest BCUT2D eigenvalue weighted by Crippen LogP contribution is -2.37. The maximum atomic E-state index is 12.6. The Morgan fingerprint density at radius 2 is 2.18 bits per heavy atom. The summed E-state index contributed by atoms with van der Waals surface area (Å²) >= 11 is 0. The van der Waals surface area contributed by atoms with Crippen LogP contribution >= 0.6 is 0 Å². The molecule has 0 aliphatic carbocycles. The van der Waals surface area contributed by atoms with Gasteiger partial charge < -0.3 is 13.7 Å². The number of aryl methyl sites for hydroxylation is 3. The molecular formula is C14H19N3O4S. The zero-order valence-electron chi connectivity index (χ0n) is 12.7. The van der Waals surface area contributed by atoms with Gasteiger partial charge in [0.2, 0.25) is 10.0 Å². The van der Waals surface area contributed by atoms with Crippen LogP contribution in [-0.4, -0.2) is 30.6 Å². The van der Waals surface area contributed by atoms with Crippen LogP contribution in [0.15, 0.2) is 27.8 Å². The number of aromatic nitrogens is 2. The van der Waals surface area contributed by atoms with Gasteiger partial charge in [-0.2, -0.15) is 0 Å². The van der Waals surface area contributed by atoms with Crippen LogP contribution in [0.1, 0.15) is 29.9 Å². The Morgan fingerprint density at radius 1 is 1.41 bits per heavy atom. The second-order valence-electron chi connectivity index (χ2n) is 5.48. The zero-order chi connectivity index (χ0) is 15.9. The Kier molecular flexibility index (Phi) is 3.84. The average Bonchev–Trinajstić information content (AvgIpc) is 3.10. The molecule has 0 saturated carbocycles. The number of furan rings is 1. The molecule has 2 aromatic heterocycles. The molecular weight excluding hydrogens is 306 g/mol. The van der Waals surface area contributed by atoms with E-state index in [1.165, 1.54) is 6.07 Å². The van der Waals surface area contributed by atoms with E-state index in [-0.39, 0.29) is 17.0 Å². The number of rotatable bonds is 4. The van der Waals surface area contributed by atoms with Gasteiger partial charge in [-0.15, -0.1) is 0 Å². The van der Waals surface area contributed by atoms with Crippen LogP contribution < -0.4 is 4.72 Å². The van der Waals surface area contributed by atoms with Crippen molar-refractivity contribution in [3.8, 4) is 0 Å². The number of imidazole rings is 1. The number of hydrogen-bond donors (Lipinski definition) is 1. The fraction of sp³-hybridized carbons (Fsp3) is 0.500. The highest BCUT2D eigenvalue weighted by atomic mass is 32.2. The molecule has 2 aromatic rings. The Bertz CT molecular complexity index is 778. The number of nitrogens with zero attached hydrogens (tertiary/aromatic N) is 2. The van der Waals surface area contributed by atoms with E-state index < -0.39 is 10.0 Å². The molecule has 7 nitrogen and oxygen atoms in total. The third-order valence-corrected chi connectivity index (χ3v) is 5.39. The van der Waals surface area contributed by atoms with Gasteiger partial charge in [0.15, 0.2) is 0 Å². The summed E-state index contributed by atoms with van der Waals surface area (Å²) < 4.78 is 40.7. The molecule has 0 aromatic carbocycles. The van der Waals surface area contributed by atoms with Crippen molar-refractivity contribution in [1.82, 2.24) is 14.3 Å². The van der Waals surface area contributed by atoms with Crippen molar-refractivity contribution >= 4 is 10.0 Å². The van der Waals surface area contributed by atoms with E-state index in [0.717, 1.165) is 0 Å². The van der Waals surface area contributed by atoms with Gasteiger partial charge in [-0.05, 0) is 26.3 Å². The van der Waals surface area contributed by atoms with Crippen LogP contribution in [0.4, 0.5) is 0 Å². The fourth-order valence-electron chi connectivity index (χ4n) is 2.75. The minimum atomic E-state index is -3.65. The number of ether oxygens (including phenoxy) is 1. The molecule has 22 heavy (non-hydrogen) atoms. The first-order valence-electron chi connectivity index (χ1n) is 7.06. The van der Waals surface area contributed by atoms with Gasteiger partial charge in [0.25, 0.3) is 0 Å². The molecule has 1 saturated heterocycles. The maximum Gasteiger partial charge on any atom is 0.244 e. The maximum absolute atomic E-state index is 12.6. The van der Waals surface area contributed by atoms with Gasteiger partial charge in [-0.3, -0.25) is 0 Å². The van der Waals surface area contributed by atoms with Crippen LogP contribution in [0.25, 0.3) is 0 Å². The number of sulfonamides is 1. The molecule has 120 valence electrons. The van der Waals surface area contributed by atoms with Crippen molar-refractivity contribution in [3.63, 3.8) is 0 Å². The van der Waals surface area contributed by atoms with Crippen LogP contribution in [0.2, 0.25) is 0 Å². The van der Waals surface area contributed by atoms with E-state index in [9.17, 15) is 8.42 Å². The average molecular weight is 325 g/mol. The molecule has 0 amide bonds. The Balaban J connectivity index is 1.85. The summed E-state index contributed by atoms with van der Waals surface area (Å²) in [6.45, 7) is 3.86. The van der Waals surface area contributed by atoms with Gasteiger partial charge in [0.1, 0.15) is 28.3 Å². The summed E-state index contributed by atoms with van der Waals surface area (Å²) in [5.41, 5.74) is 0. The van der Waals surface area contributed by atoms with E-state index in [1.54, 1.807) is 20.0 Å². The predicted molar refractivity (Wildman–Crippen MR) is 78.8 cm³/mol. The zero-order valence-corrected chi connectivity index (χ0v) is 13.6. The lowest BCUT2D eigenvalue weighted by Gasteiger charge is -2.19. The molecule has 1 aliphatic heterocycles. The van der Waals surface area contributed by atoms with Crippen molar-refractivity contribution in [2.45, 2.75) is 37.3 Å². The minimum absolute atomic E-state index is 0.176. The predicted octanol–water partition coefficient (Wildman–Crippen LogP) is 1.44. The van der Waals surface area contributed by atoms with Gasteiger partial charge >= 0.3 is 0 Å². The van der Waals surface area contributed by atoms with E-state index in [4.69, 9.17) is 9.15 Å². The quantitative estimate of drug-likeness (QED) is 0.919. The lowest BCUT2D eigenvalue weighted by molar-refractivity contribution is 0.0932. The number of nitrogens with one attached hydrogen (secondary N) is 1. The van der Waals surface area contributed by atoms with E-state index in [1.807, 2.05) is 17.8 Å². The van der Waals surface area contributed by atoms with Crippen LogP contribution in [0.5, 0.6) is 0 Å². The highest BCUT2D eigenvalue weighted by Crippen LogP contribution is 2.29. The van der Waals surface area contributed by atoms with Gasteiger partial charge in [0.05, 0.1) is 6.04 Å². The molecule has 2 atom stereocenters. The molecule has 0 radical (unpaired) electrons. The minimum Gasteiger partial charge on any atom is -0.465 e. The molecule has 1 N–H and O–H groups in total. The van der Waals surface area contributed by atoms with Gasteiger partial charge in [-0.1, -0.05) is 0 Å². The summed E-state index contributed by atoms with van der Waals surface area (Å²) in [4.78, 5) is 4.43. The normalized spacial score (nSPS) is 22.3. The summed E-state index contributed by atoms with van der Waals surface area (Å²) in [5, 5.41) is 0. The highest BCUT2D eigenvalue weighted by molar-refractivity contribution is 7.89. The standard InChI is InChI=1S/C14H19N3O4S/c1-9-8-12(10(2)21-9)22(18,19)16-11-4-7-20-13(11)14-15-5-6-17(14)3/h5-6,8,11,13,16H,4,7H2,1-3H3/t11-,13-/m0/s1. The first kappa shape index (κ1) is 15.3. The van der Waals surface area contributed by atoms with Gasteiger partial charge in [-0.25, -0.2) is 18.1 Å². The largest absolute Gasteiger partial charge is 0.465 e. The molecule has 0 spiro atoms. The molecule has 1 fully saturated rings. The Morgan fingerprint density at radius 3 is 2.77 bits per heavy atom. The van der Waals surface area contributed by atoms with Crippen molar-refractivity contribution in [1.29, 1.82) is 0 Å². The smallest absolute Gasteiger partial charge is 0.244 e. The first-order valence-corrected chi connectivity index (χ1v) is 8.55. The SMILES string of the molecule is Cc1cc(S(=O)(=O)N[C@H]2CCO[C@@H]2c2nccn2C)c(C)o1. The lowest BCUT2D eigenvalue weighted by atomic mass is 10.1. The highest BCUT2D eigenvalue weighted by Gasteiger charge is 2.36. The van der Waals surface area contributed by atoms with Crippen molar-refractivity contribution < 1.29 is 17.6 Å². The van der Waals surface area contributed by atoms with Crippen molar-refractivity contribution in [2.75, 3.05) is 6.61 Å². The van der Waals surface area contributed by atoms with Crippen LogP contribution in [-0.2, 0) is 21.8 Å². The van der Waals surface area contributed by atoms with E-state index in [0.29, 0.717) is 30.4 Å². The number of hydrogen-bond acceptors (Lipinski definition) is 5. The summed E-state index contributed by atoms with van der Waals surface area (Å²) in [6.07, 6.45) is 3.70. The third-order valence-electron chi connectivity index (χ3n) is 3.80. The Labute approximate surface area is 129 Å². The second kappa shape index (κ2) is 5.53. The van der Waals surface area contributed by atoms with Crippen LogP contribution in [0, 0.1) is 13.8 Å². The summed E-state index contributed by atoms with van der Waals surface area (Å²) in [6, 6.07) is 1.18. The van der Waals surface area contributed by atoms with Crippen LogP contribution in [0.3, 0.4) is 0 Å². The molecule has 0 unspecified atom stereocenters. The monoisotopic (exact) mass is 325 g/mol. The molecule has 8 heteroatoms. The molecule has 3 heterocycles. The second-order valence-corrected chi connectivity index (χ2v) is 7.16. The summed E-state index contributed by atoms with van der Waals surface area (Å²) in [5.74, 6) is 1.67. The first-order chi connectivity index (χ1) is 10.4. The van der Waals surface area contributed by atoms with E-state index in [2.05, 4.69) is 9.71 Å². The van der Waals surface area contributed by atoms with Gasteiger partial charge in [0, 0.05) is 26.0 Å².